The first kappa shape index (κ1) is 16.4. The molecular weight excluding hydrogens is 328 g/mol. The fourth-order valence-electron chi connectivity index (χ4n) is 3.63. The van der Waals surface area contributed by atoms with Crippen LogP contribution in [0.25, 0.3) is 11.3 Å². The minimum Gasteiger partial charge on any atom is -0.467 e. The van der Waals surface area contributed by atoms with E-state index in [0.717, 1.165) is 47.8 Å². The zero-order valence-corrected chi connectivity index (χ0v) is 15.0. The summed E-state index contributed by atoms with van der Waals surface area (Å²) in [4.78, 5) is 14.7. The molecule has 6 heteroatoms. The molecule has 134 valence electrons. The Morgan fingerprint density at radius 2 is 2.04 bits per heavy atom. The molecule has 4 rings (SSSR count). The maximum absolute atomic E-state index is 12.9. The van der Waals surface area contributed by atoms with Crippen LogP contribution in [0.1, 0.15) is 30.2 Å². The number of carbonyl (C=O) groups is 1. The lowest BCUT2D eigenvalue weighted by Crippen LogP contribution is -2.35. The number of aromatic nitrogens is 2. The molecule has 0 aliphatic carbocycles. The lowest BCUT2D eigenvalue weighted by atomic mass is 10.1. The van der Waals surface area contributed by atoms with E-state index in [1.807, 2.05) is 61.3 Å². The van der Waals surface area contributed by atoms with Gasteiger partial charge in [0.1, 0.15) is 11.6 Å². The molecule has 3 heterocycles. The number of nitrogens with zero attached hydrogens (tertiary/aromatic N) is 3. The van der Waals surface area contributed by atoms with Gasteiger partial charge in [0, 0.05) is 24.7 Å². The Balaban J connectivity index is 1.58. The molecule has 0 saturated carbocycles. The second-order valence-electron chi connectivity index (χ2n) is 6.61. The standard InChI is InChI=1S/C20H22N4O2/c1-14-18(15-8-4-3-5-9-15)22-23(2)19(14)21-20(25)24-12-6-10-16(24)17-11-7-13-26-17/h3-5,7-9,11,13,16H,6,10,12H2,1-2H3,(H,21,25)/t16-/m0/s1. The highest BCUT2D eigenvalue weighted by Crippen LogP contribution is 2.33. The summed E-state index contributed by atoms with van der Waals surface area (Å²) in [5.74, 6) is 1.56. The van der Waals surface area contributed by atoms with Crippen LogP contribution in [-0.2, 0) is 7.05 Å². The van der Waals surface area contributed by atoms with Crippen LogP contribution >= 0.6 is 0 Å². The van der Waals surface area contributed by atoms with Crippen LogP contribution in [-0.4, -0.2) is 27.3 Å². The number of aryl methyl sites for hydroxylation is 1. The first-order valence-electron chi connectivity index (χ1n) is 8.85. The summed E-state index contributed by atoms with van der Waals surface area (Å²) < 4.78 is 7.25. The molecule has 0 bridgehead atoms. The minimum atomic E-state index is -0.116. The molecule has 1 aromatic carbocycles. The van der Waals surface area contributed by atoms with Gasteiger partial charge in [0.2, 0.25) is 0 Å². The normalized spacial score (nSPS) is 16.8. The minimum absolute atomic E-state index is 0.00729. The molecule has 26 heavy (non-hydrogen) atoms. The van der Waals surface area contributed by atoms with Gasteiger partial charge >= 0.3 is 6.03 Å². The largest absolute Gasteiger partial charge is 0.467 e. The molecule has 3 aromatic rings. The number of rotatable bonds is 3. The van der Waals surface area contributed by atoms with Gasteiger partial charge in [-0.15, -0.1) is 0 Å². The van der Waals surface area contributed by atoms with Crippen molar-refractivity contribution in [1.82, 2.24) is 14.7 Å². The quantitative estimate of drug-likeness (QED) is 0.763. The van der Waals surface area contributed by atoms with Gasteiger partial charge < -0.3 is 9.32 Å². The van der Waals surface area contributed by atoms with Crippen LogP contribution in [0.3, 0.4) is 0 Å². The zero-order valence-electron chi connectivity index (χ0n) is 15.0. The lowest BCUT2D eigenvalue weighted by molar-refractivity contribution is 0.199. The van der Waals surface area contributed by atoms with Crippen LogP contribution in [0, 0.1) is 6.92 Å². The first-order chi connectivity index (χ1) is 12.6. The van der Waals surface area contributed by atoms with Crippen molar-refractivity contribution < 1.29 is 9.21 Å². The Kier molecular flexibility index (Phi) is 4.24. The highest BCUT2D eigenvalue weighted by molar-refractivity contribution is 5.90. The van der Waals surface area contributed by atoms with Crippen LogP contribution in [0.2, 0.25) is 0 Å². The predicted molar refractivity (Wildman–Crippen MR) is 99.8 cm³/mol. The summed E-state index contributed by atoms with van der Waals surface area (Å²) in [6.07, 6.45) is 3.54. The monoisotopic (exact) mass is 350 g/mol. The number of furan rings is 1. The Labute approximate surface area is 152 Å². The number of likely N-dealkylation sites (tertiary alicyclic amines) is 1. The summed E-state index contributed by atoms with van der Waals surface area (Å²) in [5.41, 5.74) is 2.88. The molecule has 1 atom stereocenters. The van der Waals surface area contributed by atoms with Gasteiger partial charge in [-0.25, -0.2) is 4.79 Å². The van der Waals surface area contributed by atoms with E-state index in [4.69, 9.17) is 4.42 Å². The third-order valence-corrected chi connectivity index (χ3v) is 4.94. The number of nitrogens with one attached hydrogen (secondary N) is 1. The second kappa shape index (κ2) is 6.71. The number of anilines is 1. The molecule has 0 radical (unpaired) electrons. The predicted octanol–water partition coefficient (Wildman–Crippen LogP) is 4.36. The SMILES string of the molecule is Cc1c(-c2ccccc2)nn(C)c1NC(=O)N1CCC[C@H]1c1ccco1. The van der Waals surface area contributed by atoms with Crippen molar-refractivity contribution in [3.63, 3.8) is 0 Å². The van der Waals surface area contributed by atoms with Crippen molar-refractivity contribution in [3.05, 3.63) is 60.1 Å². The van der Waals surface area contributed by atoms with Gasteiger partial charge in [-0.2, -0.15) is 5.10 Å². The van der Waals surface area contributed by atoms with Gasteiger partial charge in [0.15, 0.2) is 0 Å². The van der Waals surface area contributed by atoms with Crippen molar-refractivity contribution >= 4 is 11.8 Å². The van der Waals surface area contributed by atoms with Gasteiger partial charge in [-0.1, -0.05) is 30.3 Å². The maximum Gasteiger partial charge on any atom is 0.323 e. The third-order valence-electron chi connectivity index (χ3n) is 4.94. The zero-order chi connectivity index (χ0) is 18.1. The fraction of sp³-hybridized carbons (Fsp3) is 0.300. The third kappa shape index (κ3) is 2.87. The summed E-state index contributed by atoms with van der Waals surface area (Å²) in [5, 5.41) is 7.64. The Bertz CT molecular complexity index is 900. The Morgan fingerprint density at radius 1 is 1.23 bits per heavy atom. The average molecular weight is 350 g/mol. The molecule has 1 fully saturated rings. The van der Waals surface area contributed by atoms with Crippen molar-refractivity contribution in [1.29, 1.82) is 0 Å². The maximum atomic E-state index is 12.9. The van der Waals surface area contributed by atoms with Crippen LogP contribution in [0.15, 0.2) is 53.1 Å². The number of benzene rings is 1. The van der Waals surface area contributed by atoms with E-state index >= 15 is 0 Å². The van der Waals surface area contributed by atoms with Crippen LogP contribution in [0.5, 0.6) is 0 Å². The molecule has 0 unspecified atom stereocenters. The Hall–Kier alpha value is -3.02. The van der Waals surface area contributed by atoms with Crippen molar-refractivity contribution in [2.75, 3.05) is 11.9 Å². The van der Waals surface area contributed by atoms with E-state index in [-0.39, 0.29) is 12.1 Å². The molecule has 2 amide bonds. The second-order valence-corrected chi connectivity index (χ2v) is 6.61. The molecule has 1 aliphatic heterocycles. The van der Waals surface area contributed by atoms with E-state index in [9.17, 15) is 4.79 Å². The van der Waals surface area contributed by atoms with Gasteiger partial charge in [-0.3, -0.25) is 10.00 Å². The van der Waals surface area contributed by atoms with Crippen molar-refractivity contribution in [3.8, 4) is 11.3 Å². The number of amides is 2. The molecule has 1 saturated heterocycles. The van der Waals surface area contributed by atoms with Crippen molar-refractivity contribution in [2.45, 2.75) is 25.8 Å². The van der Waals surface area contributed by atoms with E-state index in [1.165, 1.54) is 0 Å². The van der Waals surface area contributed by atoms with Crippen LogP contribution < -0.4 is 5.32 Å². The van der Waals surface area contributed by atoms with E-state index in [2.05, 4.69) is 10.4 Å². The highest BCUT2D eigenvalue weighted by Gasteiger charge is 2.32. The molecule has 1 N–H and O–H groups in total. The number of hydrogen-bond acceptors (Lipinski definition) is 3. The van der Waals surface area contributed by atoms with Gasteiger partial charge in [0.25, 0.3) is 0 Å². The lowest BCUT2D eigenvalue weighted by Gasteiger charge is -2.23. The highest BCUT2D eigenvalue weighted by atomic mass is 16.3. The first-order valence-corrected chi connectivity index (χ1v) is 8.85. The van der Waals surface area contributed by atoms with E-state index in [1.54, 1.807) is 10.9 Å². The summed E-state index contributed by atoms with van der Waals surface area (Å²) in [6, 6.07) is 13.7. The van der Waals surface area contributed by atoms with E-state index in [0.29, 0.717) is 0 Å². The van der Waals surface area contributed by atoms with Crippen molar-refractivity contribution in [2.24, 2.45) is 7.05 Å². The molecule has 1 aliphatic rings. The molecule has 6 nitrogen and oxygen atoms in total. The Morgan fingerprint density at radius 3 is 2.77 bits per heavy atom. The van der Waals surface area contributed by atoms with E-state index < -0.39 is 0 Å². The summed E-state index contributed by atoms with van der Waals surface area (Å²) in [7, 11) is 1.85. The fourth-order valence-corrected chi connectivity index (χ4v) is 3.63. The molecule has 2 aromatic heterocycles. The van der Waals surface area contributed by atoms with Gasteiger partial charge in [0.05, 0.1) is 18.0 Å². The average Bonchev–Trinajstić information content (AvgIpc) is 3.38. The van der Waals surface area contributed by atoms with Crippen LogP contribution in [0.4, 0.5) is 10.6 Å². The topological polar surface area (TPSA) is 63.3 Å². The smallest absolute Gasteiger partial charge is 0.323 e. The molecule has 0 spiro atoms. The summed E-state index contributed by atoms with van der Waals surface area (Å²) >= 11 is 0. The number of hydrogen-bond donors (Lipinski definition) is 1. The van der Waals surface area contributed by atoms with Gasteiger partial charge in [-0.05, 0) is 31.9 Å². The summed E-state index contributed by atoms with van der Waals surface area (Å²) in [6.45, 7) is 2.71. The molecular formula is C20H22N4O2. The number of carbonyl (C=O) groups excluding carboxylic acids is 1. The number of urea groups is 1.